The Kier molecular flexibility index (Phi) is 10.3. The van der Waals surface area contributed by atoms with Crippen LogP contribution in [0.3, 0.4) is 0 Å². The second kappa shape index (κ2) is 13.2. The minimum absolute atomic E-state index is 0. The van der Waals surface area contributed by atoms with E-state index in [0.29, 0.717) is 36.1 Å². The molecule has 7 nitrogen and oxygen atoms in total. The summed E-state index contributed by atoms with van der Waals surface area (Å²) in [5, 5.41) is 0. The normalized spacial score (nSPS) is 44.2. The monoisotopic (exact) mass is 666 g/mol. The number of hydrogen-bond donors (Lipinski definition) is 0. The lowest BCUT2D eigenvalue weighted by molar-refractivity contribution is -0.940. The van der Waals surface area contributed by atoms with E-state index < -0.39 is 0 Å². The molecule has 0 spiro atoms. The zero-order valence-corrected chi connectivity index (χ0v) is 29.2. The van der Waals surface area contributed by atoms with Crippen LogP contribution in [0, 0.1) is 34.5 Å². The maximum Gasteiger partial charge on any atom is 0.306 e. The highest BCUT2D eigenvalue weighted by Crippen LogP contribution is 2.67. The molecule has 6 fully saturated rings. The zero-order chi connectivity index (χ0) is 29.7. The van der Waals surface area contributed by atoms with E-state index in [1.165, 1.54) is 58.0 Å². The molecule has 0 N–H and O–H groups in total. The number of fused-ring (bicyclic) bond motifs is 5. The molecule has 10 atom stereocenters. The average molecular weight is 668 g/mol. The summed E-state index contributed by atoms with van der Waals surface area (Å²) in [5.74, 6) is 2.48. The summed E-state index contributed by atoms with van der Waals surface area (Å²) in [5.41, 5.74) is 0.315. The number of ether oxygens (including phenoxy) is 3. The summed E-state index contributed by atoms with van der Waals surface area (Å²) < 4.78 is 19.5. The molecule has 8 heteroatoms. The third-order valence-corrected chi connectivity index (χ3v) is 13.8. The molecule has 6 rings (SSSR count). The fraction of sp³-hybridized carbons (Fsp3) is 0.943. The van der Waals surface area contributed by atoms with Crippen LogP contribution in [0.15, 0.2) is 0 Å². The van der Waals surface area contributed by atoms with Gasteiger partial charge in [0.2, 0.25) is 0 Å². The quantitative estimate of drug-likeness (QED) is 0.321. The topological polar surface area (TPSA) is 65.1 Å². The van der Waals surface area contributed by atoms with Crippen molar-refractivity contribution < 1.29 is 45.3 Å². The number of morpholine rings is 1. The number of esters is 2. The number of likely N-dealkylation sites (N-methyl/N-ethyl adjacent to an activating group) is 1. The van der Waals surface area contributed by atoms with Crippen molar-refractivity contribution in [1.82, 2.24) is 4.90 Å². The molecule has 0 bridgehead atoms. The number of hydrogen-bond acceptors (Lipinski definition) is 6. The molecule has 246 valence electrons. The second-order valence-electron chi connectivity index (χ2n) is 16.0. The van der Waals surface area contributed by atoms with Crippen LogP contribution in [0.25, 0.3) is 0 Å². The number of quaternary nitrogens is 1. The van der Waals surface area contributed by atoms with Gasteiger partial charge >= 0.3 is 11.9 Å². The molecule has 0 radical (unpaired) electrons. The van der Waals surface area contributed by atoms with Crippen LogP contribution in [0.4, 0.5) is 0 Å². The maximum atomic E-state index is 13.1. The van der Waals surface area contributed by atoms with Gasteiger partial charge in [0.25, 0.3) is 0 Å². The molecular weight excluding hydrogens is 608 g/mol. The van der Waals surface area contributed by atoms with E-state index in [0.717, 1.165) is 56.5 Å². The lowest BCUT2D eigenvalue weighted by atomic mass is 9.44. The van der Waals surface area contributed by atoms with E-state index in [-0.39, 0.29) is 58.0 Å². The number of carbonyl (C=O) groups is 2. The molecule has 4 saturated carbocycles. The number of piperidine rings is 1. The number of nitrogens with zero attached hydrogens (tertiary/aromatic N) is 2. The van der Waals surface area contributed by atoms with Gasteiger partial charge < -0.3 is 35.7 Å². The van der Waals surface area contributed by atoms with Crippen molar-refractivity contribution in [3.05, 3.63) is 0 Å². The van der Waals surface area contributed by atoms with Gasteiger partial charge in [-0.25, -0.2) is 0 Å². The van der Waals surface area contributed by atoms with Gasteiger partial charge in [0, 0.05) is 44.3 Å². The van der Waals surface area contributed by atoms with Crippen LogP contribution >= 0.6 is 0 Å². The third kappa shape index (κ3) is 6.10. The maximum absolute atomic E-state index is 13.1. The fourth-order valence-electron chi connectivity index (χ4n) is 11.6. The largest absolute Gasteiger partial charge is 1.00 e. The summed E-state index contributed by atoms with van der Waals surface area (Å²) in [4.78, 5) is 27.9. The molecule has 0 aromatic heterocycles. The Balaban J connectivity index is 0.00000368. The summed E-state index contributed by atoms with van der Waals surface area (Å²) >= 11 is 0. The van der Waals surface area contributed by atoms with Gasteiger partial charge in [-0.2, -0.15) is 0 Å². The number of rotatable bonds is 6. The zero-order valence-electron chi connectivity index (χ0n) is 27.7. The van der Waals surface area contributed by atoms with Crippen molar-refractivity contribution in [3.63, 3.8) is 0 Å². The van der Waals surface area contributed by atoms with E-state index in [1.807, 2.05) is 0 Å². The van der Waals surface area contributed by atoms with Gasteiger partial charge in [-0.15, -0.1) is 0 Å². The third-order valence-electron chi connectivity index (χ3n) is 13.8. The summed E-state index contributed by atoms with van der Waals surface area (Å²) in [7, 11) is 2.48. The first kappa shape index (κ1) is 33.7. The number of likely N-dealkylation sites (tertiary alicyclic amines) is 1. The molecule has 2 saturated heterocycles. The first-order chi connectivity index (χ1) is 20.1. The summed E-state index contributed by atoms with van der Waals surface area (Å²) in [6.45, 7) is 14.6. The Bertz CT molecular complexity index is 999. The number of carbonyl (C=O) groups excluding carboxylic acids is 2. The highest BCUT2D eigenvalue weighted by Gasteiger charge is 2.67. The van der Waals surface area contributed by atoms with Crippen molar-refractivity contribution in [1.29, 1.82) is 0 Å². The Morgan fingerprint density at radius 3 is 2.35 bits per heavy atom. The summed E-state index contributed by atoms with van der Waals surface area (Å²) in [6, 6.07) is 0.703. The van der Waals surface area contributed by atoms with Gasteiger partial charge in [-0.1, -0.05) is 20.8 Å². The van der Waals surface area contributed by atoms with Crippen LogP contribution in [0.1, 0.15) is 105 Å². The first-order valence-electron chi connectivity index (χ1n) is 17.6. The van der Waals surface area contributed by atoms with Gasteiger partial charge in [-0.3, -0.25) is 14.5 Å². The fourth-order valence-corrected chi connectivity index (χ4v) is 11.6. The molecule has 0 aromatic carbocycles. The van der Waals surface area contributed by atoms with Gasteiger partial charge in [-0.05, 0) is 93.3 Å². The SMILES string of the molecule is CCCC(=O)O[C@H]1[C@@H]([N+]2(C)CCCCC2)CC2C3CC[C@H]4C[C@H](OC(C)=O)[C@@H](N5CCOCC5)C[C@]4(C)C3CC[C@@]21C.[Br-]. The molecule has 0 aromatic rings. The molecular formula is C35H59BrN2O5. The lowest BCUT2D eigenvalue weighted by Gasteiger charge is -2.62. The Morgan fingerprint density at radius 1 is 0.953 bits per heavy atom. The van der Waals surface area contributed by atoms with Crippen molar-refractivity contribution in [2.45, 2.75) is 129 Å². The van der Waals surface area contributed by atoms with Crippen molar-refractivity contribution in [3.8, 4) is 0 Å². The molecule has 43 heavy (non-hydrogen) atoms. The van der Waals surface area contributed by atoms with Crippen molar-refractivity contribution in [2.75, 3.05) is 46.4 Å². The van der Waals surface area contributed by atoms with E-state index >= 15 is 0 Å². The predicted molar refractivity (Wildman–Crippen MR) is 163 cm³/mol. The van der Waals surface area contributed by atoms with E-state index in [2.05, 4.69) is 32.7 Å². The molecule has 3 unspecified atom stereocenters. The van der Waals surface area contributed by atoms with Crippen LogP contribution in [-0.4, -0.2) is 92.1 Å². The van der Waals surface area contributed by atoms with E-state index in [4.69, 9.17) is 14.2 Å². The van der Waals surface area contributed by atoms with Crippen molar-refractivity contribution >= 4 is 11.9 Å². The Morgan fingerprint density at radius 2 is 1.67 bits per heavy atom. The van der Waals surface area contributed by atoms with Crippen LogP contribution in [0.5, 0.6) is 0 Å². The standard InChI is InChI=1S/C35H59N2O5.BrH/c1-6-10-32(39)42-33-30(37(5)17-8-7-9-18-37)22-28-26-12-11-25-21-31(41-24(2)38)29(36-15-19-40-20-16-36)23-35(25,4)27(26)13-14-34(28,33)3;/h25-31,33H,6-23H2,1-5H3;1H/q+1;/p-1/t25-,26?,27?,28?,29-,30-,31-,33-,34-,35-;/m0./s1. The minimum atomic E-state index is -0.140. The van der Waals surface area contributed by atoms with Crippen LogP contribution in [0.2, 0.25) is 0 Å². The Labute approximate surface area is 271 Å². The molecule has 0 amide bonds. The van der Waals surface area contributed by atoms with Gasteiger partial charge in [0.05, 0.1) is 33.4 Å². The first-order valence-corrected chi connectivity index (χ1v) is 17.6. The molecule has 2 heterocycles. The van der Waals surface area contributed by atoms with Gasteiger partial charge in [0.1, 0.15) is 12.1 Å². The van der Waals surface area contributed by atoms with Crippen molar-refractivity contribution in [2.24, 2.45) is 34.5 Å². The summed E-state index contributed by atoms with van der Waals surface area (Å²) in [6.07, 6.45) is 13.6. The van der Waals surface area contributed by atoms with Crippen LogP contribution < -0.4 is 17.0 Å². The Hall–Kier alpha value is -0.700. The lowest BCUT2D eigenvalue weighted by Crippen LogP contribution is -3.00. The van der Waals surface area contributed by atoms with E-state index in [9.17, 15) is 9.59 Å². The highest BCUT2D eigenvalue weighted by molar-refractivity contribution is 5.69. The molecule has 4 aliphatic carbocycles. The predicted octanol–water partition coefficient (Wildman–Crippen LogP) is 2.60. The average Bonchev–Trinajstić information content (AvgIpc) is 3.26. The smallest absolute Gasteiger partial charge is 0.306 e. The molecule has 2 aliphatic heterocycles. The highest BCUT2D eigenvalue weighted by atomic mass is 79.9. The van der Waals surface area contributed by atoms with E-state index in [1.54, 1.807) is 6.92 Å². The number of halogens is 1. The van der Waals surface area contributed by atoms with Gasteiger partial charge in [0.15, 0.2) is 6.10 Å². The molecule has 6 aliphatic rings. The van der Waals surface area contributed by atoms with Crippen LogP contribution in [-0.2, 0) is 23.8 Å². The second-order valence-corrected chi connectivity index (χ2v) is 16.0. The minimum Gasteiger partial charge on any atom is -1.00 e.